The SMILES string of the molecule is CC(C)NC(=O)Cn1nc[nH]c1=O. The van der Waals surface area contributed by atoms with E-state index in [1.165, 1.54) is 6.33 Å². The van der Waals surface area contributed by atoms with E-state index in [1.807, 2.05) is 13.8 Å². The summed E-state index contributed by atoms with van der Waals surface area (Å²) in [4.78, 5) is 24.4. The standard InChI is InChI=1S/C7H12N4O2/c1-5(2)10-6(12)3-11-7(13)8-4-9-11/h4-5H,3H2,1-2H3,(H,10,12)(H,8,9,13). The van der Waals surface area contributed by atoms with Crippen molar-refractivity contribution >= 4 is 5.91 Å². The molecule has 1 amide bonds. The van der Waals surface area contributed by atoms with Crippen molar-refractivity contribution in [3.8, 4) is 0 Å². The molecule has 0 spiro atoms. The quantitative estimate of drug-likeness (QED) is 0.638. The van der Waals surface area contributed by atoms with Crippen LogP contribution in [0.4, 0.5) is 0 Å². The van der Waals surface area contributed by atoms with Crippen LogP contribution in [0.3, 0.4) is 0 Å². The van der Waals surface area contributed by atoms with Crippen molar-refractivity contribution in [1.29, 1.82) is 0 Å². The Kier molecular flexibility index (Phi) is 2.84. The van der Waals surface area contributed by atoms with Gasteiger partial charge in [0.25, 0.3) is 0 Å². The minimum Gasteiger partial charge on any atom is -0.352 e. The average Bonchev–Trinajstić information content (AvgIpc) is 2.34. The predicted molar refractivity (Wildman–Crippen MR) is 46.1 cm³/mol. The summed E-state index contributed by atoms with van der Waals surface area (Å²) in [5.74, 6) is -0.218. The van der Waals surface area contributed by atoms with Crippen LogP contribution < -0.4 is 11.0 Å². The lowest BCUT2D eigenvalue weighted by Gasteiger charge is -2.06. The van der Waals surface area contributed by atoms with E-state index < -0.39 is 0 Å². The van der Waals surface area contributed by atoms with Gasteiger partial charge in [-0.1, -0.05) is 0 Å². The Morgan fingerprint density at radius 2 is 2.46 bits per heavy atom. The first-order valence-electron chi connectivity index (χ1n) is 3.99. The maximum Gasteiger partial charge on any atom is 0.343 e. The van der Waals surface area contributed by atoms with Gasteiger partial charge in [-0.2, -0.15) is 5.10 Å². The fraction of sp³-hybridized carbons (Fsp3) is 0.571. The zero-order valence-electron chi connectivity index (χ0n) is 7.57. The molecule has 0 aliphatic carbocycles. The lowest BCUT2D eigenvalue weighted by atomic mass is 10.4. The van der Waals surface area contributed by atoms with Crippen LogP contribution >= 0.6 is 0 Å². The Morgan fingerprint density at radius 1 is 1.77 bits per heavy atom. The van der Waals surface area contributed by atoms with Crippen LogP contribution in [0.5, 0.6) is 0 Å². The molecule has 0 saturated heterocycles. The van der Waals surface area contributed by atoms with Crippen LogP contribution in [0, 0.1) is 0 Å². The Hall–Kier alpha value is -1.59. The van der Waals surface area contributed by atoms with Crippen molar-refractivity contribution in [2.24, 2.45) is 0 Å². The topological polar surface area (TPSA) is 79.8 Å². The number of amides is 1. The van der Waals surface area contributed by atoms with Crippen molar-refractivity contribution in [1.82, 2.24) is 20.1 Å². The molecule has 1 aromatic heterocycles. The third-order valence-corrected chi connectivity index (χ3v) is 1.36. The zero-order valence-corrected chi connectivity index (χ0v) is 7.57. The van der Waals surface area contributed by atoms with Gasteiger partial charge in [-0.25, -0.2) is 9.48 Å². The lowest BCUT2D eigenvalue weighted by Crippen LogP contribution is -2.35. The molecular formula is C7H12N4O2. The Labute approximate surface area is 75.0 Å². The van der Waals surface area contributed by atoms with Crippen molar-refractivity contribution in [3.63, 3.8) is 0 Å². The zero-order chi connectivity index (χ0) is 9.84. The Balaban J connectivity index is 2.55. The van der Waals surface area contributed by atoms with Crippen LogP contribution in [-0.2, 0) is 11.3 Å². The van der Waals surface area contributed by atoms with Gasteiger partial charge in [-0.3, -0.25) is 9.78 Å². The highest BCUT2D eigenvalue weighted by Crippen LogP contribution is 1.79. The monoisotopic (exact) mass is 184 g/mol. The van der Waals surface area contributed by atoms with Gasteiger partial charge in [-0.15, -0.1) is 0 Å². The smallest absolute Gasteiger partial charge is 0.343 e. The minimum atomic E-state index is -0.376. The average molecular weight is 184 g/mol. The molecule has 0 fully saturated rings. The summed E-state index contributed by atoms with van der Waals surface area (Å²) >= 11 is 0. The van der Waals surface area contributed by atoms with Crippen molar-refractivity contribution in [2.45, 2.75) is 26.4 Å². The van der Waals surface area contributed by atoms with Crippen molar-refractivity contribution in [3.05, 3.63) is 16.8 Å². The first kappa shape index (κ1) is 9.50. The molecule has 6 nitrogen and oxygen atoms in total. The maximum atomic E-state index is 11.1. The number of hydrogen-bond acceptors (Lipinski definition) is 3. The number of carbonyl (C=O) groups excluding carboxylic acids is 1. The molecule has 0 aliphatic rings. The van der Waals surface area contributed by atoms with Gasteiger partial charge in [0.1, 0.15) is 12.9 Å². The summed E-state index contributed by atoms with van der Waals surface area (Å²) in [5, 5.41) is 6.31. The molecular weight excluding hydrogens is 172 g/mol. The number of hydrogen-bond donors (Lipinski definition) is 2. The van der Waals surface area contributed by atoms with Gasteiger partial charge in [-0.05, 0) is 13.8 Å². The summed E-state index contributed by atoms with van der Waals surface area (Å²) in [7, 11) is 0. The Morgan fingerprint density at radius 3 is 2.92 bits per heavy atom. The summed E-state index contributed by atoms with van der Waals surface area (Å²) in [6.45, 7) is 3.66. The molecule has 0 aliphatic heterocycles. The first-order valence-corrected chi connectivity index (χ1v) is 3.99. The second-order valence-corrected chi connectivity index (χ2v) is 2.97. The number of carbonyl (C=O) groups is 1. The second-order valence-electron chi connectivity index (χ2n) is 2.97. The molecule has 0 unspecified atom stereocenters. The number of aromatic nitrogens is 3. The van der Waals surface area contributed by atoms with E-state index in [1.54, 1.807) is 0 Å². The van der Waals surface area contributed by atoms with E-state index >= 15 is 0 Å². The van der Waals surface area contributed by atoms with Gasteiger partial charge in [0, 0.05) is 6.04 Å². The number of nitrogens with zero attached hydrogens (tertiary/aromatic N) is 2. The van der Waals surface area contributed by atoms with E-state index in [0.717, 1.165) is 4.68 Å². The molecule has 1 heterocycles. The van der Waals surface area contributed by atoms with E-state index in [0.29, 0.717) is 0 Å². The third kappa shape index (κ3) is 2.73. The number of nitrogens with one attached hydrogen (secondary N) is 2. The van der Waals surface area contributed by atoms with Gasteiger partial charge in [0.15, 0.2) is 0 Å². The molecule has 6 heteroatoms. The Bertz CT molecular complexity index is 338. The first-order chi connectivity index (χ1) is 6.09. The fourth-order valence-corrected chi connectivity index (χ4v) is 0.897. The molecule has 0 saturated carbocycles. The molecule has 0 aromatic carbocycles. The highest BCUT2D eigenvalue weighted by molar-refractivity contribution is 5.75. The van der Waals surface area contributed by atoms with Crippen LogP contribution in [0.2, 0.25) is 0 Å². The highest BCUT2D eigenvalue weighted by atomic mass is 16.2. The second kappa shape index (κ2) is 3.88. The van der Waals surface area contributed by atoms with Gasteiger partial charge >= 0.3 is 5.69 Å². The van der Waals surface area contributed by atoms with Gasteiger partial charge in [0.2, 0.25) is 5.91 Å². The van der Waals surface area contributed by atoms with Crippen LogP contribution in [-0.4, -0.2) is 26.7 Å². The molecule has 0 atom stereocenters. The third-order valence-electron chi connectivity index (χ3n) is 1.36. The van der Waals surface area contributed by atoms with E-state index in [4.69, 9.17) is 0 Å². The number of aromatic amines is 1. The molecule has 13 heavy (non-hydrogen) atoms. The molecule has 1 rings (SSSR count). The van der Waals surface area contributed by atoms with Crippen LogP contribution in [0.25, 0.3) is 0 Å². The molecule has 2 N–H and O–H groups in total. The normalized spacial score (nSPS) is 10.4. The summed E-state index contributed by atoms with van der Waals surface area (Å²) < 4.78 is 1.07. The lowest BCUT2D eigenvalue weighted by molar-refractivity contribution is -0.122. The molecule has 1 aromatic rings. The largest absolute Gasteiger partial charge is 0.352 e. The number of H-pyrrole nitrogens is 1. The predicted octanol–water partition coefficient (Wildman–Crippen LogP) is -0.904. The van der Waals surface area contributed by atoms with Crippen LogP contribution in [0.1, 0.15) is 13.8 Å². The van der Waals surface area contributed by atoms with Gasteiger partial charge in [0.05, 0.1) is 0 Å². The highest BCUT2D eigenvalue weighted by Gasteiger charge is 2.06. The van der Waals surface area contributed by atoms with Crippen molar-refractivity contribution < 1.29 is 4.79 Å². The summed E-state index contributed by atoms with van der Waals surface area (Å²) in [6, 6.07) is 0.0714. The van der Waals surface area contributed by atoms with E-state index in [-0.39, 0.29) is 24.2 Å². The molecule has 0 bridgehead atoms. The van der Waals surface area contributed by atoms with E-state index in [9.17, 15) is 9.59 Å². The number of rotatable bonds is 3. The van der Waals surface area contributed by atoms with Gasteiger partial charge < -0.3 is 5.32 Å². The van der Waals surface area contributed by atoms with Crippen molar-refractivity contribution in [2.75, 3.05) is 0 Å². The van der Waals surface area contributed by atoms with E-state index in [2.05, 4.69) is 15.4 Å². The molecule has 72 valence electrons. The fourth-order valence-electron chi connectivity index (χ4n) is 0.897. The minimum absolute atomic E-state index is 0.0412. The molecule has 0 radical (unpaired) electrons. The van der Waals surface area contributed by atoms with Crippen LogP contribution in [0.15, 0.2) is 11.1 Å². The maximum absolute atomic E-state index is 11.1. The summed E-state index contributed by atoms with van der Waals surface area (Å²) in [6.07, 6.45) is 1.25. The summed E-state index contributed by atoms with van der Waals surface area (Å²) in [5.41, 5.74) is -0.376.